The lowest BCUT2D eigenvalue weighted by Crippen LogP contribution is -2.24. The van der Waals surface area contributed by atoms with Gasteiger partial charge in [0.15, 0.2) is 0 Å². The summed E-state index contributed by atoms with van der Waals surface area (Å²) in [5, 5.41) is 0. The van der Waals surface area contributed by atoms with Gasteiger partial charge < -0.3 is 4.74 Å². The largest absolute Gasteiger partial charge is 0.456 e. The number of alkyl halides is 3. The topological polar surface area (TPSA) is 26.3 Å². The van der Waals surface area contributed by atoms with Crippen LogP contribution in [0.5, 0.6) is 0 Å². The van der Waals surface area contributed by atoms with E-state index in [9.17, 15) is 18.0 Å². The van der Waals surface area contributed by atoms with Crippen LogP contribution in [0.2, 0.25) is 0 Å². The van der Waals surface area contributed by atoms with Gasteiger partial charge in [0.2, 0.25) is 0 Å². The first-order chi connectivity index (χ1) is 11.0. The third kappa shape index (κ3) is 4.60. The Bertz CT molecular complexity index is 744. The molecule has 0 spiro atoms. The molecule has 0 radical (unpaired) electrons. The van der Waals surface area contributed by atoms with Crippen molar-refractivity contribution in [2.75, 3.05) is 0 Å². The maximum Gasteiger partial charge on any atom is 0.416 e. The van der Waals surface area contributed by atoms with Crippen LogP contribution in [0.1, 0.15) is 36.7 Å². The maximum absolute atomic E-state index is 12.7. The summed E-state index contributed by atoms with van der Waals surface area (Å²) in [6.07, 6.45) is -4.40. The molecule has 0 bridgehead atoms. The van der Waals surface area contributed by atoms with Gasteiger partial charge in [-0.3, -0.25) is 0 Å². The average molecular weight is 401 g/mol. The number of carbonyl (C=O) groups is 1. The minimum Gasteiger partial charge on any atom is -0.456 e. The first kappa shape index (κ1) is 18.5. The average Bonchev–Trinajstić information content (AvgIpc) is 2.44. The maximum atomic E-state index is 12.7. The lowest BCUT2D eigenvalue weighted by atomic mass is 9.98. The van der Waals surface area contributed by atoms with E-state index in [1.165, 1.54) is 12.1 Å². The van der Waals surface area contributed by atoms with Crippen LogP contribution >= 0.6 is 15.9 Å². The molecule has 0 heterocycles. The Kier molecular flexibility index (Phi) is 5.08. The summed E-state index contributed by atoms with van der Waals surface area (Å²) < 4.78 is 44.2. The molecule has 0 saturated carbocycles. The van der Waals surface area contributed by atoms with Gasteiger partial charge in [0.25, 0.3) is 0 Å². The Hall–Kier alpha value is -1.82. The molecular formula is C18H16BrF3O2. The molecule has 2 rings (SSSR count). The molecule has 0 unspecified atom stereocenters. The van der Waals surface area contributed by atoms with Crippen LogP contribution in [0.4, 0.5) is 13.2 Å². The van der Waals surface area contributed by atoms with Gasteiger partial charge >= 0.3 is 12.1 Å². The molecule has 2 aromatic rings. The lowest BCUT2D eigenvalue weighted by Gasteiger charge is -2.21. The van der Waals surface area contributed by atoms with E-state index in [4.69, 9.17) is 4.74 Å². The second-order valence-corrected chi connectivity index (χ2v) is 7.18. The zero-order valence-corrected chi connectivity index (χ0v) is 15.0. The van der Waals surface area contributed by atoms with Crippen molar-refractivity contribution in [1.29, 1.82) is 0 Å². The Morgan fingerprint density at radius 3 is 2.08 bits per heavy atom. The van der Waals surface area contributed by atoms with Crippen LogP contribution < -0.4 is 0 Å². The van der Waals surface area contributed by atoms with Gasteiger partial charge in [-0.05, 0) is 62.2 Å². The number of benzene rings is 2. The minimum atomic E-state index is -4.40. The Morgan fingerprint density at radius 1 is 1.00 bits per heavy atom. The number of halogens is 4. The predicted octanol–water partition coefficient (Wildman–Crippen LogP) is 6.09. The third-order valence-corrected chi connectivity index (χ3v) is 3.62. The summed E-state index contributed by atoms with van der Waals surface area (Å²) in [7, 11) is 0. The molecule has 0 N–H and O–H groups in total. The molecule has 0 atom stereocenters. The van der Waals surface area contributed by atoms with E-state index >= 15 is 0 Å². The molecule has 0 fully saturated rings. The molecule has 6 heteroatoms. The number of hydrogen-bond acceptors (Lipinski definition) is 2. The fourth-order valence-electron chi connectivity index (χ4n) is 2.11. The van der Waals surface area contributed by atoms with Crippen molar-refractivity contribution in [2.45, 2.75) is 32.5 Å². The van der Waals surface area contributed by atoms with Gasteiger partial charge in [0.05, 0.1) is 11.1 Å². The number of hydrogen-bond donors (Lipinski definition) is 0. The summed E-state index contributed by atoms with van der Waals surface area (Å²) in [4.78, 5) is 12.4. The zero-order chi connectivity index (χ0) is 18.1. The quantitative estimate of drug-likeness (QED) is 0.570. The molecule has 0 aromatic heterocycles. The third-order valence-electron chi connectivity index (χ3n) is 3.12. The van der Waals surface area contributed by atoms with Crippen molar-refractivity contribution >= 4 is 21.9 Å². The molecule has 24 heavy (non-hydrogen) atoms. The monoisotopic (exact) mass is 400 g/mol. The van der Waals surface area contributed by atoms with Gasteiger partial charge in [-0.15, -0.1) is 0 Å². The fraction of sp³-hybridized carbons (Fsp3) is 0.278. The molecule has 2 aromatic carbocycles. The van der Waals surface area contributed by atoms with Crippen molar-refractivity contribution < 1.29 is 22.7 Å². The fourth-order valence-corrected chi connectivity index (χ4v) is 2.47. The molecule has 0 aliphatic carbocycles. The van der Waals surface area contributed by atoms with Crippen LogP contribution in [0, 0.1) is 0 Å². The number of rotatable bonds is 2. The van der Waals surface area contributed by atoms with E-state index in [-0.39, 0.29) is 0 Å². The molecule has 128 valence electrons. The van der Waals surface area contributed by atoms with Crippen LogP contribution in [0.15, 0.2) is 46.9 Å². The molecule has 0 aliphatic rings. The number of esters is 1. The van der Waals surface area contributed by atoms with Gasteiger partial charge in [-0.25, -0.2) is 4.79 Å². The second kappa shape index (κ2) is 6.59. The van der Waals surface area contributed by atoms with E-state index in [0.717, 1.165) is 12.1 Å². The van der Waals surface area contributed by atoms with Gasteiger partial charge in [-0.1, -0.05) is 28.1 Å². The van der Waals surface area contributed by atoms with E-state index in [1.807, 2.05) is 0 Å². The van der Waals surface area contributed by atoms with Crippen LogP contribution in [0.3, 0.4) is 0 Å². The molecule has 0 amide bonds. The van der Waals surface area contributed by atoms with E-state index in [1.54, 1.807) is 39.0 Å². The van der Waals surface area contributed by atoms with Crippen LogP contribution in [-0.2, 0) is 10.9 Å². The zero-order valence-electron chi connectivity index (χ0n) is 13.4. The van der Waals surface area contributed by atoms with Crippen molar-refractivity contribution in [3.05, 3.63) is 58.1 Å². The van der Waals surface area contributed by atoms with Crippen LogP contribution in [-0.4, -0.2) is 11.6 Å². The Labute approximate surface area is 146 Å². The number of carbonyl (C=O) groups excluding carboxylic acids is 1. The van der Waals surface area contributed by atoms with E-state index in [2.05, 4.69) is 15.9 Å². The highest BCUT2D eigenvalue weighted by Gasteiger charge is 2.30. The van der Waals surface area contributed by atoms with Crippen LogP contribution in [0.25, 0.3) is 11.1 Å². The van der Waals surface area contributed by atoms with Crippen molar-refractivity contribution in [1.82, 2.24) is 0 Å². The van der Waals surface area contributed by atoms with Gasteiger partial charge in [0, 0.05) is 4.47 Å². The summed E-state index contributed by atoms with van der Waals surface area (Å²) >= 11 is 3.32. The van der Waals surface area contributed by atoms with Crippen molar-refractivity contribution in [3.8, 4) is 11.1 Å². The van der Waals surface area contributed by atoms with Crippen molar-refractivity contribution in [2.24, 2.45) is 0 Å². The van der Waals surface area contributed by atoms with Gasteiger partial charge in [0.1, 0.15) is 5.60 Å². The first-order valence-corrected chi connectivity index (χ1v) is 7.97. The van der Waals surface area contributed by atoms with E-state index in [0.29, 0.717) is 21.2 Å². The second-order valence-electron chi connectivity index (χ2n) is 6.27. The molecule has 0 aliphatic heterocycles. The smallest absolute Gasteiger partial charge is 0.416 e. The summed E-state index contributed by atoms with van der Waals surface area (Å²) in [6, 6.07) is 9.64. The van der Waals surface area contributed by atoms with E-state index < -0.39 is 23.3 Å². The summed E-state index contributed by atoms with van der Waals surface area (Å²) in [5.41, 5.74) is -0.0906. The first-order valence-electron chi connectivity index (χ1n) is 7.18. The van der Waals surface area contributed by atoms with Gasteiger partial charge in [-0.2, -0.15) is 13.2 Å². The predicted molar refractivity (Wildman–Crippen MR) is 89.7 cm³/mol. The molecule has 0 saturated heterocycles. The standard InChI is InChI=1S/C18H16BrF3O2/c1-17(2,3)24-16(23)14-9-8-13(19)10-15(14)11-4-6-12(7-5-11)18(20,21)22/h4-10H,1-3H3. The molecular weight excluding hydrogens is 385 g/mol. The molecule has 2 nitrogen and oxygen atoms in total. The summed E-state index contributed by atoms with van der Waals surface area (Å²) in [5.74, 6) is -0.523. The SMILES string of the molecule is CC(C)(C)OC(=O)c1ccc(Br)cc1-c1ccc(C(F)(F)F)cc1. The minimum absolute atomic E-state index is 0.299. The highest BCUT2D eigenvalue weighted by atomic mass is 79.9. The number of ether oxygens (including phenoxy) is 1. The van der Waals surface area contributed by atoms with Crippen molar-refractivity contribution in [3.63, 3.8) is 0 Å². The highest BCUT2D eigenvalue weighted by molar-refractivity contribution is 9.10. The lowest BCUT2D eigenvalue weighted by molar-refractivity contribution is -0.137. The summed E-state index contributed by atoms with van der Waals surface area (Å²) in [6.45, 7) is 5.25. The Morgan fingerprint density at radius 2 is 1.58 bits per heavy atom. The highest BCUT2D eigenvalue weighted by Crippen LogP contribution is 2.33. The Balaban J connectivity index is 2.46. The normalized spacial score (nSPS) is 12.1.